The van der Waals surface area contributed by atoms with E-state index in [0.717, 1.165) is 5.82 Å². The highest BCUT2D eigenvalue weighted by Gasteiger charge is 2.24. The summed E-state index contributed by atoms with van der Waals surface area (Å²) in [4.78, 5) is 32.5. The molecule has 2 aromatic heterocycles. The lowest BCUT2D eigenvalue weighted by atomic mass is 10.3. The Morgan fingerprint density at radius 1 is 1.27 bits per heavy atom. The van der Waals surface area contributed by atoms with Crippen molar-refractivity contribution in [3.8, 4) is 0 Å². The molecular formula is C17H24N6O3. The van der Waals surface area contributed by atoms with Crippen LogP contribution in [0.1, 0.15) is 31.1 Å². The molecule has 0 radical (unpaired) electrons. The Bertz CT molecular complexity index is 795. The largest absolute Gasteiger partial charge is 0.447 e. The van der Waals surface area contributed by atoms with Gasteiger partial charge < -0.3 is 19.9 Å². The zero-order chi connectivity index (χ0) is 18.7. The molecule has 0 saturated carbocycles. The summed E-state index contributed by atoms with van der Waals surface area (Å²) in [5, 5.41) is 6.95. The molecule has 1 aliphatic rings. The maximum atomic E-state index is 12.1. The van der Waals surface area contributed by atoms with Crippen molar-refractivity contribution in [2.75, 3.05) is 37.6 Å². The Kier molecular flexibility index (Phi) is 5.24. The topological polar surface area (TPSA) is 92.1 Å². The van der Waals surface area contributed by atoms with Gasteiger partial charge in [-0.05, 0) is 26.8 Å². The van der Waals surface area contributed by atoms with Crippen LogP contribution in [-0.2, 0) is 4.74 Å². The number of amides is 2. The Balaban J connectivity index is 1.72. The molecule has 0 atom stereocenters. The van der Waals surface area contributed by atoms with Gasteiger partial charge in [0.25, 0.3) is 5.91 Å². The van der Waals surface area contributed by atoms with Gasteiger partial charge in [0.2, 0.25) is 0 Å². The van der Waals surface area contributed by atoms with E-state index in [1.807, 2.05) is 26.8 Å². The van der Waals surface area contributed by atoms with Gasteiger partial charge in [-0.1, -0.05) is 0 Å². The van der Waals surface area contributed by atoms with E-state index in [4.69, 9.17) is 4.74 Å². The fraction of sp³-hybridized carbons (Fsp3) is 0.529. The molecule has 0 aliphatic carbocycles. The quantitative estimate of drug-likeness (QED) is 0.879. The summed E-state index contributed by atoms with van der Waals surface area (Å²) in [7, 11) is 0. The van der Waals surface area contributed by atoms with Crippen molar-refractivity contribution in [2.24, 2.45) is 0 Å². The van der Waals surface area contributed by atoms with E-state index < -0.39 is 0 Å². The Morgan fingerprint density at radius 2 is 2.00 bits per heavy atom. The molecule has 0 unspecified atom stereocenters. The van der Waals surface area contributed by atoms with Gasteiger partial charge in [-0.15, -0.1) is 0 Å². The van der Waals surface area contributed by atoms with Gasteiger partial charge in [-0.25, -0.2) is 14.3 Å². The van der Waals surface area contributed by atoms with Gasteiger partial charge >= 0.3 is 6.09 Å². The van der Waals surface area contributed by atoms with Crippen LogP contribution in [0.2, 0.25) is 0 Å². The normalized spacial score (nSPS) is 14.8. The van der Waals surface area contributed by atoms with Gasteiger partial charge in [0.1, 0.15) is 11.4 Å². The molecule has 0 aromatic carbocycles. The summed E-state index contributed by atoms with van der Waals surface area (Å²) < 4.78 is 6.83. The maximum absolute atomic E-state index is 12.1. The van der Waals surface area contributed by atoms with Crippen molar-refractivity contribution in [3.05, 3.63) is 24.0 Å². The van der Waals surface area contributed by atoms with E-state index in [2.05, 4.69) is 20.3 Å². The number of ether oxygens (including phenoxy) is 1. The summed E-state index contributed by atoms with van der Waals surface area (Å²) in [6, 6.07) is 1.86. The average Bonchev–Trinajstić information content (AvgIpc) is 3.04. The van der Waals surface area contributed by atoms with Gasteiger partial charge in [0.15, 0.2) is 5.65 Å². The molecule has 1 N–H and O–H groups in total. The smallest absolute Gasteiger partial charge is 0.410 e. The van der Waals surface area contributed by atoms with E-state index in [-0.39, 0.29) is 18.1 Å². The molecule has 2 aromatic rings. The number of hydrogen-bond acceptors (Lipinski definition) is 6. The van der Waals surface area contributed by atoms with E-state index in [1.54, 1.807) is 15.6 Å². The first-order valence-electron chi connectivity index (χ1n) is 8.82. The van der Waals surface area contributed by atoms with Crippen LogP contribution in [0, 0.1) is 0 Å². The molecule has 26 heavy (non-hydrogen) atoms. The lowest BCUT2D eigenvalue weighted by Crippen LogP contribution is -2.49. The predicted octanol–water partition coefficient (Wildman–Crippen LogP) is 1.15. The summed E-state index contributed by atoms with van der Waals surface area (Å²) in [6.45, 7) is 8.54. The van der Waals surface area contributed by atoms with Gasteiger partial charge in [0, 0.05) is 38.9 Å². The fourth-order valence-corrected chi connectivity index (χ4v) is 2.85. The first kappa shape index (κ1) is 18.0. The third-order valence-electron chi connectivity index (χ3n) is 4.13. The first-order chi connectivity index (χ1) is 12.5. The van der Waals surface area contributed by atoms with Crippen LogP contribution in [0.3, 0.4) is 0 Å². The lowest BCUT2D eigenvalue weighted by Gasteiger charge is -2.35. The zero-order valence-electron chi connectivity index (χ0n) is 15.3. The highest BCUT2D eigenvalue weighted by atomic mass is 16.6. The second-order valence-electron chi connectivity index (χ2n) is 6.38. The number of nitrogens with zero attached hydrogens (tertiary/aromatic N) is 5. The van der Waals surface area contributed by atoms with Crippen LogP contribution in [-0.4, -0.2) is 70.3 Å². The number of aromatic nitrogens is 3. The molecule has 3 rings (SSSR count). The number of carbonyl (C=O) groups excluding carboxylic acids is 2. The molecule has 1 saturated heterocycles. The molecule has 140 valence electrons. The molecule has 0 bridgehead atoms. The number of carbonyl (C=O) groups is 2. The lowest BCUT2D eigenvalue weighted by molar-refractivity contribution is 0.0750. The number of piperazine rings is 1. The fourth-order valence-electron chi connectivity index (χ4n) is 2.85. The van der Waals surface area contributed by atoms with Crippen molar-refractivity contribution in [1.82, 2.24) is 24.8 Å². The Hall–Kier alpha value is -2.84. The van der Waals surface area contributed by atoms with Gasteiger partial charge in [-0.2, -0.15) is 5.10 Å². The van der Waals surface area contributed by atoms with Crippen molar-refractivity contribution in [2.45, 2.75) is 26.9 Å². The number of anilines is 1. The minimum atomic E-state index is -0.280. The van der Waals surface area contributed by atoms with Crippen molar-refractivity contribution < 1.29 is 14.3 Å². The molecule has 2 amide bonds. The van der Waals surface area contributed by atoms with Crippen LogP contribution >= 0.6 is 0 Å². The van der Waals surface area contributed by atoms with Crippen LogP contribution in [0.15, 0.2) is 18.5 Å². The molecule has 1 aliphatic heterocycles. The van der Waals surface area contributed by atoms with Crippen LogP contribution in [0.4, 0.5) is 10.6 Å². The number of rotatable bonds is 4. The van der Waals surface area contributed by atoms with E-state index in [9.17, 15) is 9.59 Å². The minimum absolute atomic E-state index is 0.126. The van der Waals surface area contributed by atoms with Crippen LogP contribution < -0.4 is 10.2 Å². The SMILES string of the molecule is CCNC(=O)c1cnn2ccc(N3CCN(C(=O)OC(C)C)CC3)nc12. The van der Waals surface area contributed by atoms with E-state index in [0.29, 0.717) is 43.9 Å². The molecule has 0 spiro atoms. The average molecular weight is 360 g/mol. The monoisotopic (exact) mass is 360 g/mol. The minimum Gasteiger partial charge on any atom is -0.447 e. The summed E-state index contributed by atoms with van der Waals surface area (Å²) in [5.41, 5.74) is 0.975. The zero-order valence-corrected chi connectivity index (χ0v) is 15.3. The Labute approximate surface area is 151 Å². The van der Waals surface area contributed by atoms with Crippen molar-refractivity contribution in [1.29, 1.82) is 0 Å². The van der Waals surface area contributed by atoms with Crippen molar-refractivity contribution in [3.63, 3.8) is 0 Å². The summed E-state index contributed by atoms with van der Waals surface area (Å²) in [5.74, 6) is 0.578. The van der Waals surface area contributed by atoms with Crippen LogP contribution in [0.25, 0.3) is 5.65 Å². The van der Waals surface area contributed by atoms with E-state index >= 15 is 0 Å². The number of nitrogens with one attached hydrogen (secondary N) is 1. The van der Waals surface area contributed by atoms with Crippen molar-refractivity contribution >= 4 is 23.5 Å². The molecule has 9 nitrogen and oxygen atoms in total. The third-order valence-corrected chi connectivity index (χ3v) is 4.13. The second-order valence-corrected chi connectivity index (χ2v) is 6.38. The first-order valence-corrected chi connectivity index (χ1v) is 8.82. The molecule has 9 heteroatoms. The number of hydrogen-bond donors (Lipinski definition) is 1. The summed E-state index contributed by atoms with van der Waals surface area (Å²) in [6.07, 6.45) is 2.91. The third kappa shape index (κ3) is 3.71. The number of fused-ring (bicyclic) bond motifs is 1. The molecular weight excluding hydrogens is 336 g/mol. The predicted molar refractivity (Wildman–Crippen MR) is 96.4 cm³/mol. The van der Waals surface area contributed by atoms with E-state index in [1.165, 1.54) is 6.20 Å². The second kappa shape index (κ2) is 7.59. The molecule has 1 fully saturated rings. The van der Waals surface area contributed by atoms with Gasteiger partial charge in [0.05, 0.1) is 12.3 Å². The molecule has 3 heterocycles. The van der Waals surface area contributed by atoms with Gasteiger partial charge in [-0.3, -0.25) is 4.79 Å². The Morgan fingerprint density at radius 3 is 2.65 bits per heavy atom. The summed E-state index contributed by atoms with van der Waals surface area (Å²) >= 11 is 0. The standard InChI is InChI=1S/C17H24N6O3/c1-4-18-16(24)13-11-19-23-6-5-14(20-15(13)23)21-7-9-22(10-8-21)17(25)26-12(2)3/h5-6,11-12H,4,7-10H2,1-3H3,(H,18,24). The highest BCUT2D eigenvalue weighted by Crippen LogP contribution is 2.17. The van der Waals surface area contributed by atoms with Crippen LogP contribution in [0.5, 0.6) is 0 Å². The maximum Gasteiger partial charge on any atom is 0.410 e. The highest BCUT2D eigenvalue weighted by molar-refractivity contribution is 5.99.